The fraction of sp³-hybridized carbons (Fsp3) is 0.357. The summed E-state index contributed by atoms with van der Waals surface area (Å²) < 4.78 is 109. The molecule has 0 unspecified atom stereocenters. The lowest BCUT2D eigenvalue weighted by Crippen LogP contribution is -2.49. The lowest BCUT2D eigenvalue weighted by molar-refractivity contribution is -0.164. The largest absolute Gasteiger partial charge is 0.447 e. The number of nitrogens with one attached hydrogen (secondary N) is 2. The Morgan fingerprint density at radius 2 is 1.68 bits per heavy atom. The van der Waals surface area contributed by atoms with E-state index in [4.69, 9.17) is 21.1 Å². The molecule has 7 rings (SSSR count). The molecule has 2 fully saturated rings. The molecular weight excluding hydrogens is 865 g/mol. The summed E-state index contributed by atoms with van der Waals surface area (Å²) in [5.74, 6) is -2.08. The van der Waals surface area contributed by atoms with Gasteiger partial charge in [-0.25, -0.2) is 41.8 Å². The number of ether oxygens (including phenoxy) is 2. The Hall–Kier alpha value is -6.31. The zero-order valence-electron chi connectivity index (χ0n) is 33.6. The predicted molar refractivity (Wildman–Crippen MR) is 213 cm³/mol. The SMILES string of the molecule is CC(C)(C)C[C@]1(c2ccc3nc(C(F)F)ccc3c2)N/C(=N\C(=O)OCc2ccccc2)N([C@H](COC(=O)NC2(C(F)(F)F)CC2)c2ccc(Cl)c(-n3ncnc3C(F)F)c2)C1=O. The van der Waals surface area contributed by atoms with Crippen LogP contribution in [0.4, 0.5) is 40.3 Å². The number of nitrogens with zero attached hydrogens (tertiary/aromatic N) is 6. The first kappa shape index (κ1) is 44.7. The Labute approximate surface area is 359 Å². The second-order valence-corrected chi connectivity index (χ2v) is 16.6. The van der Waals surface area contributed by atoms with Crippen molar-refractivity contribution in [1.82, 2.24) is 35.3 Å². The average Bonchev–Trinajstić information content (AvgIpc) is 3.76. The van der Waals surface area contributed by atoms with Crippen LogP contribution < -0.4 is 10.6 Å². The fourth-order valence-electron chi connectivity index (χ4n) is 7.35. The van der Waals surface area contributed by atoms with Crippen molar-refractivity contribution in [2.24, 2.45) is 10.4 Å². The van der Waals surface area contributed by atoms with Gasteiger partial charge < -0.3 is 20.1 Å². The van der Waals surface area contributed by atoms with Crippen LogP contribution in [0.25, 0.3) is 16.6 Å². The molecular formula is C42H38ClF7N8O5. The smallest absolute Gasteiger partial charge is 0.437 e. The van der Waals surface area contributed by atoms with Crippen molar-refractivity contribution in [3.8, 4) is 5.69 Å². The molecule has 2 atom stereocenters. The zero-order chi connectivity index (χ0) is 45.5. The molecule has 63 heavy (non-hydrogen) atoms. The number of amides is 3. The summed E-state index contributed by atoms with van der Waals surface area (Å²) in [4.78, 5) is 55.1. The minimum atomic E-state index is -4.81. The number of benzene rings is 3. The first-order valence-corrected chi connectivity index (χ1v) is 19.7. The molecule has 3 aromatic carbocycles. The van der Waals surface area contributed by atoms with Crippen LogP contribution in [0.1, 0.15) is 87.1 Å². The number of aliphatic imine (C=N–C) groups is 1. The standard InChI is InChI=1S/C42H38ClF7N8O5/c1-39(2,3)21-41(26-11-14-28-24(17-26)10-13-29(53-28)32(44)45)35(59)57(36(55-41)54-37(60)62-19-23-7-5-4-6-8-23)31(20-63-38(61)56-40(15-16-40)42(48,49)50)25-9-12-27(43)30(18-25)58-34(33(46)47)51-22-52-58/h4-14,17-18,22,31-33H,15-16,19-21H2,1-3H3,(H,56,61)(H,54,55,60)/t31-,41-/m1/s1. The molecule has 0 radical (unpaired) electrons. The number of carbonyl (C=O) groups excluding carboxylic acids is 3. The number of alkyl halides is 7. The van der Waals surface area contributed by atoms with Crippen LogP contribution in [-0.2, 0) is 26.4 Å². The highest BCUT2D eigenvalue weighted by atomic mass is 35.5. The lowest BCUT2D eigenvalue weighted by atomic mass is 9.75. The van der Waals surface area contributed by atoms with Crippen LogP contribution in [0.5, 0.6) is 0 Å². The van der Waals surface area contributed by atoms with Crippen LogP contribution in [0.3, 0.4) is 0 Å². The Bertz CT molecular complexity index is 2570. The third-order valence-electron chi connectivity index (χ3n) is 10.4. The van der Waals surface area contributed by atoms with Gasteiger partial charge in [-0.3, -0.25) is 9.69 Å². The van der Waals surface area contributed by atoms with E-state index < -0.39 is 96.6 Å². The van der Waals surface area contributed by atoms with Crippen LogP contribution in [0.15, 0.2) is 90.2 Å². The molecule has 3 amide bonds. The molecule has 3 heterocycles. The number of aromatic nitrogens is 4. The molecule has 332 valence electrons. The van der Waals surface area contributed by atoms with Crippen molar-refractivity contribution >= 4 is 46.6 Å². The van der Waals surface area contributed by atoms with E-state index in [0.717, 1.165) is 22.0 Å². The van der Waals surface area contributed by atoms with E-state index in [1.807, 2.05) is 26.1 Å². The van der Waals surface area contributed by atoms with Gasteiger partial charge in [0.05, 0.1) is 22.3 Å². The highest BCUT2D eigenvalue weighted by Crippen LogP contribution is 2.49. The summed E-state index contributed by atoms with van der Waals surface area (Å²) >= 11 is 6.50. The number of pyridine rings is 1. The molecule has 2 aromatic heterocycles. The minimum absolute atomic E-state index is 0.00387. The maximum Gasteiger partial charge on any atom is 0.437 e. The normalized spacial score (nSPS) is 18.5. The van der Waals surface area contributed by atoms with Gasteiger partial charge >= 0.3 is 18.4 Å². The molecule has 1 aliphatic heterocycles. The molecule has 2 N–H and O–H groups in total. The molecule has 2 aliphatic rings. The first-order valence-electron chi connectivity index (χ1n) is 19.3. The van der Waals surface area contributed by atoms with Gasteiger partial charge in [-0.15, -0.1) is 4.99 Å². The summed E-state index contributed by atoms with van der Waals surface area (Å²) in [6.07, 6.45) is -13.5. The van der Waals surface area contributed by atoms with Crippen LogP contribution in [0.2, 0.25) is 5.02 Å². The number of carbonyl (C=O) groups is 3. The van der Waals surface area contributed by atoms with Crippen molar-refractivity contribution in [3.63, 3.8) is 0 Å². The third kappa shape index (κ3) is 9.40. The monoisotopic (exact) mass is 902 g/mol. The first-order chi connectivity index (χ1) is 29.7. The maximum absolute atomic E-state index is 15.6. The van der Waals surface area contributed by atoms with E-state index in [-0.39, 0.29) is 40.4 Å². The predicted octanol–water partition coefficient (Wildman–Crippen LogP) is 9.66. The quantitative estimate of drug-likeness (QED) is 0.117. The van der Waals surface area contributed by atoms with Crippen LogP contribution >= 0.6 is 11.6 Å². The van der Waals surface area contributed by atoms with Gasteiger partial charge in [-0.2, -0.15) is 18.3 Å². The van der Waals surface area contributed by atoms with Crippen molar-refractivity contribution in [3.05, 3.63) is 118 Å². The van der Waals surface area contributed by atoms with Crippen molar-refractivity contribution < 1.29 is 54.6 Å². The summed E-state index contributed by atoms with van der Waals surface area (Å²) in [6.45, 7) is 4.32. The highest BCUT2D eigenvalue weighted by molar-refractivity contribution is 6.32. The van der Waals surface area contributed by atoms with E-state index in [1.54, 1.807) is 36.4 Å². The van der Waals surface area contributed by atoms with Crippen LogP contribution in [-0.4, -0.2) is 67.0 Å². The number of halogens is 8. The molecule has 5 aromatic rings. The number of hydrogen-bond acceptors (Lipinski definition) is 8. The lowest BCUT2D eigenvalue weighted by Gasteiger charge is -2.35. The molecule has 13 nitrogen and oxygen atoms in total. The number of hydrogen-bond donors (Lipinski definition) is 2. The number of alkyl carbamates (subject to hydrolysis) is 1. The van der Waals surface area contributed by atoms with Crippen molar-refractivity contribution in [2.75, 3.05) is 6.61 Å². The fourth-order valence-corrected chi connectivity index (χ4v) is 7.55. The van der Waals surface area contributed by atoms with Crippen molar-refractivity contribution in [2.45, 2.75) is 82.8 Å². The minimum Gasteiger partial charge on any atom is -0.447 e. The Morgan fingerprint density at radius 1 is 0.952 bits per heavy atom. The Morgan fingerprint density at radius 3 is 2.33 bits per heavy atom. The van der Waals surface area contributed by atoms with E-state index in [9.17, 15) is 40.3 Å². The number of fused-ring (bicyclic) bond motifs is 1. The van der Waals surface area contributed by atoms with Gasteiger partial charge in [0.25, 0.3) is 18.8 Å². The highest BCUT2D eigenvalue weighted by Gasteiger charge is 2.65. The Kier molecular flexibility index (Phi) is 12.1. The maximum atomic E-state index is 15.6. The molecule has 0 bridgehead atoms. The van der Waals surface area contributed by atoms with Gasteiger partial charge in [0, 0.05) is 5.39 Å². The zero-order valence-corrected chi connectivity index (χ0v) is 34.4. The van der Waals surface area contributed by atoms with Crippen LogP contribution in [0, 0.1) is 5.41 Å². The summed E-state index contributed by atoms with van der Waals surface area (Å²) in [5.41, 5.74) is -4.70. The number of rotatable bonds is 12. The Balaban J connectivity index is 1.38. The summed E-state index contributed by atoms with van der Waals surface area (Å²) in [5, 5.41) is 9.11. The number of guanidine groups is 1. The van der Waals surface area contributed by atoms with E-state index in [1.165, 1.54) is 36.4 Å². The molecule has 1 aliphatic carbocycles. The van der Waals surface area contributed by atoms with Gasteiger partial charge in [0.1, 0.15) is 36.3 Å². The summed E-state index contributed by atoms with van der Waals surface area (Å²) in [6, 6.07) is 17.8. The second-order valence-electron chi connectivity index (χ2n) is 16.2. The van der Waals surface area contributed by atoms with Gasteiger partial charge in [-0.05, 0) is 71.7 Å². The van der Waals surface area contributed by atoms with E-state index in [2.05, 4.69) is 25.4 Å². The molecule has 1 saturated carbocycles. The molecule has 1 saturated heterocycles. The van der Waals surface area contributed by atoms with E-state index >= 15 is 4.79 Å². The topological polar surface area (TPSA) is 153 Å². The van der Waals surface area contributed by atoms with Gasteiger partial charge in [0.15, 0.2) is 5.82 Å². The average molecular weight is 903 g/mol. The summed E-state index contributed by atoms with van der Waals surface area (Å²) in [7, 11) is 0. The van der Waals surface area contributed by atoms with Gasteiger partial charge in [-0.1, -0.05) is 80.9 Å². The van der Waals surface area contributed by atoms with Gasteiger partial charge in [0.2, 0.25) is 5.96 Å². The van der Waals surface area contributed by atoms with E-state index in [0.29, 0.717) is 10.9 Å². The van der Waals surface area contributed by atoms with Crippen molar-refractivity contribution in [1.29, 1.82) is 0 Å². The molecule has 21 heteroatoms. The molecule has 0 spiro atoms. The second kappa shape index (κ2) is 17.1. The third-order valence-corrected chi connectivity index (χ3v) is 10.8.